The molecule has 4 aromatic rings. The van der Waals surface area contributed by atoms with Crippen LogP contribution in [0, 0.1) is 0 Å². The molecule has 0 fully saturated rings. The van der Waals surface area contributed by atoms with E-state index in [1.807, 2.05) is 54.6 Å². The molecule has 3 nitrogen and oxygen atoms in total. The Morgan fingerprint density at radius 3 is 2.37 bits per heavy atom. The van der Waals surface area contributed by atoms with Gasteiger partial charge in [-0.2, -0.15) is 0 Å². The van der Waals surface area contributed by atoms with Gasteiger partial charge in [-0.15, -0.1) is 0 Å². The summed E-state index contributed by atoms with van der Waals surface area (Å²) in [5, 5.41) is 13.9. The van der Waals surface area contributed by atoms with Gasteiger partial charge < -0.3 is 9.84 Å². The lowest BCUT2D eigenvalue weighted by atomic mass is 9.86. The standard InChI is InChI=1S/C24H20O3/c1-15(24(25)26)23-21-6-4-3-5-16(21)10-12-22(23)19-8-7-18-14-20(27-2)11-9-17(18)13-19/h3-15H,1-2H3,(H,25,26). The summed E-state index contributed by atoms with van der Waals surface area (Å²) in [5.41, 5.74) is 2.83. The number of hydrogen-bond acceptors (Lipinski definition) is 2. The van der Waals surface area contributed by atoms with Crippen molar-refractivity contribution in [3.8, 4) is 16.9 Å². The fraction of sp³-hybridized carbons (Fsp3) is 0.125. The number of ether oxygens (including phenoxy) is 1. The van der Waals surface area contributed by atoms with E-state index in [1.54, 1.807) is 14.0 Å². The highest BCUT2D eigenvalue weighted by Gasteiger charge is 2.21. The first-order valence-electron chi connectivity index (χ1n) is 8.91. The molecule has 4 rings (SSSR count). The van der Waals surface area contributed by atoms with E-state index in [0.717, 1.165) is 44.0 Å². The Morgan fingerprint density at radius 1 is 0.889 bits per heavy atom. The molecule has 0 spiro atoms. The average molecular weight is 356 g/mol. The molecule has 3 heteroatoms. The molecule has 1 unspecified atom stereocenters. The normalized spacial score (nSPS) is 12.2. The molecule has 0 aliphatic carbocycles. The van der Waals surface area contributed by atoms with Crippen LogP contribution in [-0.2, 0) is 4.79 Å². The van der Waals surface area contributed by atoms with Gasteiger partial charge in [0.2, 0.25) is 0 Å². The monoisotopic (exact) mass is 356 g/mol. The quantitative estimate of drug-likeness (QED) is 0.498. The van der Waals surface area contributed by atoms with Crippen molar-refractivity contribution >= 4 is 27.5 Å². The van der Waals surface area contributed by atoms with Gasteiger partial charge in [0.1, 0.15) is 5.75 Å². The van der Waals surface area contributed by atoms with Crippen molar-refractivity contribution in [1.29, 1.82) is 0 Å². The average Bonchev–Trinajstić information content (AvgIpc) is 2.71. The Balaban J connectivity index is 1.96. The second kappa shape index (κ2) is 6.76. The number of rotatable bonds is 4. The van der Waals surface area contributed by atoms with E-state index in [4.69, 9.17) is 4.74 Å². The Morgan fingerprint density at radius 2 is 1.59 bits per heavy atom. The molecule has 1 atom stereocenters. The van der Waals surface area contributed by atoms with E-state index >= 15 is 0 Å². The van der Waals surface area contributed by atoms with Gasteiger partial charge in [-0.25, -0.2) is 0 Å². The molecule has 0 aliphatic rings. The molecule has 0 bridgehead atoms. The van der Waals surface area contributed by atoms with Gasteiger partial charge in [0.15, 0.2) is 0 Å². The number of hydrogen-bond donors (Lipinski definition) is 1. The summed E-state index contributed by atoms with van der Waals surface area (Å²) < 4.78 is 5.30. The number of aliphatic carboxylic acids is 1. The van der Waals surface area contributed by atoms with Gasteiger partial charge >= 0.3 is 5.97 Å². The molecule has 0 saturated heterocycles. The molecule has 27 heavy (non-hydrogen) atoms. The first-order chi connectivity index (χ1) is 13.1. The second-order valence-corrected chi connectivity index (χ2v) is 6.74. The number of carboxylic acids is 1. The minimum Gasteiger partial charge on any atom is -0.497 e. The highest BCUT2D eigenvalue weighted by Crippen LogP contribution is 2.37. The zero-order valence-corrected chi connectivity index (χ0v) is 15.3. The molecule has 0 aromatic heterocycles. The number of benzene rings is 4. The third-order valence-electron chi connectivity index (χ3n) is 5.13. The smallest absolute Gasteiger partial charge is 0.310 e. The fourth-order valence-corrected chi connectivity index (χ4v) is 3.66. The van der Waals surface area contributed by atoms with Crippen LogP contribution in [0.15, 0.2) is 72.8 Å². The van der Waals surface area contributed by atoms with Gasteiger partial charge in [0.05, 0.1) is 13.0 Å². The minimum atomic E-state index is -0.821. The van der Waals surface area contributed by atoms with Crippen LogP contribution in [-0.4, -0.2) is 18.2 Å². The third-order valence-corrected chi connectivity index (χ3v) is 5.13. The van der Waals surface area contributed by atoms with Crippen LogP contribution >= 0.6 is 0 Å². The lowest BCUT2D eigenvalue weighted by Gasteiger charge is -2.17. The molecular formula is C24H20O3. The topological polar surface area (TPSA) is 46.5 Å². The molecule has 0 heterocycles. The van der Waals surface area contributed by atoms with Crippen LogP contribution in [0.25, 0.3) is 32.7 Å². The van der Waals surface area contributed by atoms with E-state index in [1.165, 1.54) is 0 Å². The van der Waals surface area contributed by atoms with E-state index in [-0.39, 0.29) is 0 Å². The van der Waals surface area contributed by atoms with Crippen LogP contribution in [0.3, 0.4) is 0 Å². The molecule has 0 amide bonds. The van der Waals surface area contributed by atoms with Crippen LogP contribution in [0.1, 0.15) is 18.4 Å². The fourth-order valence-electron chi connectivity index (χ4n) is 3.66. The van der Waals surface area contributed by atoms with Crippen LogP contribution in [0.4, 0.5) is 0 Å². The Hall–Kier alpha value is -3.33. The summed E-state index contributed by atoms with van der Waals surface area (Å²) in [5.74, 6) is -0.600. The van der Waals surface area contributed by atoms with Crippen molar-refractivity contribution in [2.24, 2.45) is 0 Å². The molecule has 0 radical (unpaired) electrons. The highest BCUT2D eigenvalue weighted by atomic mass is 16.5. The van der Waals surface area contributed by atoms with Crippen molar-refractivity contribution < 1.29 is 14.6 Å². The SMILES string of the molecule is COc1ccc2cc(-c3ccc4ccccc4c3C(C)C(=O)O)ccc2c1. The highest BCUT2D eigenvalue weighted by molar-refractivity contribution is 5.98. The van der Waals surface area contributed by atoms with Crippen LogP contribution in [0.5, 0.6) is 5.75 Å². The summed E-state index contributed by atoms with van der Waals surface area (Å²) >= 11 is 0. The Kier molecular flexibility index (Phi) is 4.28. The Bertz CT molecular complexity index is 1160. The third kappa shape index (κ3) is 3.02. The molecule has 0 aliphatic heterocycles. The van der Waals surface area contributed by atoms with Gasteiger partial charge in [-0.3, -0.25) is 4.79 Å². The molecule has 134 valence electrons. The zero-order chi connectivity index (χ0) is 19.0. The summed E-state index contributed by atoms with van der Waals surface area (Å²) in [6, 6.07) is 24.2. The van der Waals surface area contributed by atoms with E-state index in [9.17, 15) is 9.90 Å². The summed E-state index contributed by atoms with van der Waals surface area (Å²) in [4.78, 5) is 11.8. The Labute approximate surface area is 157 Å². The number of carboxylic acid groups (broad SMARTS) is 1. The number of fused-ring (bicyclic) bond motifs is 2. The van der Waals surface area contributed by atoms with Gasteiger partial charge in [-0.1, -0.05) is 54.6 Å². The van der Waals surface area contributed by atoms with Crippen LogP contribution in [0.2, 0.25) is 0 Å². The van der Waals surface area contributed by atoms with Gasteiger partial charge in [0, 0.05) is 0 Å². The predicted octanol–water partition coefficient (Wildman–Crippen LogP) is 5.86. The van der Waals surface area contributed by atoms with Crippen molar-refractivity contribution in [2.45, 2.75) is 12.8 Å². The summed E-state index contributed by atoms with van der Waals surface area (Å²) in [7, 11) is 1.66. The van der Waals surface area contributed by atoms with Gasteiger partial charge in [0.25, 0.3) is 0 Å². The van der Waals surface area contributed by atoms with E-state index < -0.39 is 11.9 Å². The number of methoxy groups -OCH3 is 1. The zero-order valence-electron chi connectivity index (χ0n) is 15.3. The maximum Gasteiger partial charge on any atom is 0.310 e. The molecule has 0 saturated carbocycles. The van der Waals surface area contributed by atoms with Crippen molar-refractivity contribution in [3.63, 3.8) is 0 Å². The van der Waals surface area contributed by atoms with Crippen LogP contribution < -0.4 is 4.74 Å². The first kappa shape index (κ1) is 17.1. The second-order valence-electron chi connectivity index (χ2n) is 6.74. The number of carbonyl (C=O) groups is 1. The molecule has 1 N–H and O–H groups in total. The largest absolute Gasteiger partial charge is 0.497 e. The molecule has 4 aromatic carbocycles. The van der Waals surface area contributed by atoms with E-state index in [0.29, 0.717) is 0 Å². The molecular weight excluding hydrogens is 336 g/mol. The lowest BCUT2D eigenvalue weighted by Crippen LogP contribution is -2.09. The van der Waals surface area contributed by atoms with Crippen molar-refractivity contribution in [2.75, 3.05) is 7.11 Å². The maximum atomic E-state index is 11.8. The summed E-state index contributed by atoms with van der Waals surface area (Å²) in [6.07, 6.45) is 0. The summed E-state index contributed by atoms with van der Waals surface area (Å²) in [6.45, 7) is 1.75. The predicted molar refractivity (Wildman–Crippen MR) is 109 cm³/mol. The first-order valence-corrected chi connectivity index (χ1v) is 8.91. The van der Waals surface area contributed by atoms with Crippen molar-refractivity contribution in [1.82, 2.24) is 0 Å². The minimum absolute atomic E-state index is 0.599. The maximum absolute atomic E-state index is 11.8. The lowest BCUT2D eigenvalue weighted by molar-refractivity contribution is -0.138. The van der Waals surface area contributed by atoms with E-state index in [2.05, 4.69) is 18.2 Å². The van der Waals surface area contributed by atoms with Gasteiger partial charge in [-0.05, 0) is 63.4 Å². The van der Waals surface area contributed by atoms with Crippen molar-refractivity contribution in [3.05, 3.63) is 78.4 Å².